The summed E-state index contributed by atoms with van der Waals surface area (Å²) in [5.74, 6) is 4.23. The van der Waals surface area contributed by atoms with Gasteiger partial charge >= 0.3 is 0 Å². The maximum atomic E-state index is 5.17. The summed E-state index contributed by atoms with van der Waals surface area (Å²) in [6, 6.07) is 0. The molecular weight excluding hydrogens is 120 g/mol. The van der Waals surface area contributed by atoms with Crippen molar-refractivity contribution >= 4 is 0 Å². The highest BCUT2D eigenvalue weighted by Crippen LogP contribution is 2.25. The Labute approximate surface area is 63.3 Å². The second-order valence-electron chi connectivity index (χ2n) is 3.10. The molecule has 2 atom stereocenters. The van der Waals surface area contributed by atoms with Gasteiger partial charge in [-0.25, -0.2) is 0 Å². The van der Waals surface area contributed by atoms with Crippen LogP contribution in [0.5, 0.6) is 0 Å². The Morgan fingerprint density at radius 3 is 2.90 bits per heavy atom. The van der Waals surface area contributed by atoms with Crippen molar-refractivity contribution < 1.29 is 0 Å². The first-order valence-corrected chi connectivity index (χ1v) is 3.94. The van der Waals surface area contributed by atoms with Crippen LogP contribution in [0.4, 0.5) is 0 Å². The first-order valence-electron chi connectivity index (χ1n) is 3.94. The second kappa shape index (κ2) is 3.46. The lowest BCUT2D eigenvalue weighted by molar-refractivity contribution is 0.525. The lowest BCUT2D eigenvalue weighted by Gasteiger charge is -2.04. The van der Waals surface area contributed by atoms with Crippen molar-refractivity contribution in [1.29, 1.82) is 0 Å². The zero-order chi connectivity index (χ0) is 7.40. The molecule has 0 heterocycles. The van der Waals surface area contributed by atoms with Gasteiger partial charge in [-0.1, -0.05) is 19.1 Å². The third kappa shape index (κ3) is 1.92. The van der Waals surface area contributed by atoms with Crippen LogP contribution in [0.25, 0.3) is 0 Å². The molecule has 0 heteroatoms. The average Bonchev–Trinajstić information content (AvgIpc) is 2.31. The third-order valence-corrected chi connectivity index (χ3v) is 2.05. The van der Waals surface area contributed by atoms with E-state index in [2.05, 4.69) is 25.0 Å². The van der Waals surface area contributed by atoms with E-state index in [-0.39, 0.29) is 0 Å². The van der Waals surface area contributed by atoms with Crippen LogP contribution in [0.1, 0.15) is 26.2 Å². The van der Waals surface area contributed by atoms with Gasteiger partial charge in [0.1, 0.15) is 0 Å². The van der Waals surface area contributed by atoms with Crippen LogP contribution in [-0.4, -0.2) is 0 Å². The summed E-state index contributed by atoms with van der Waals surface area (Å²) in [4.78, 5) is 0. The van der Waals surface area contributed by atoms with E-state index in [1.165, 1.54) is 12.8 Å². The van der Waals surface area contributed by atoms with Crippen molar-refractivity contribution in [2.24, 2.45) is 11.8 Å². The molecule has 1 aliphatic carbocycles. The molecule has 0 aliphatic heterocycles. The van der Waals surface area contributed by atoms with Crippen LogP contribution in [0.3, 0.4) is 0 Å². The predicted molar refractivity (Wildman–Crippen MR) is 44.5 cm³/mol. The zero-order valence-corrected chi connectivity index (χ0v) is 6.51. The Balaban J connectivity index is 2.21. The standard InChI is InChI=1S/C10H14/c1-3-4-5-10-7-6-9(2)8-10/h1,6-7,9-10H,4-5,8H2,2H3. The van der Waals surface area contributed by atoms with E-state index < -0.39 is 0 Å². The normalized spacial score (nSPS) is 30.4. The van der Waals surface area contributed by atoms with E-state index in [1.54, 1.807) is 0 Å². The maximum Gasteiger partial charge on any atom is 0.00916 e. The lowest BCUT2D eigenvalue weighted by Crippen LogP contribution is -1.93. The van der Waals surface area contributed by atoms with Crippen molar-refractivity contribution in [3.05, 3.63) is 12.2 Å². The summed E-state index contributed by atoms with van der Waals surface area (Å²) in [6.45, 7) is 2.26. The van der Waals surface area contributed by atoms with Gasteiger partial charge in [0.05, 0.1) is 0 Å². The molecular formula is C10H14. The van der Waals surface area contributed by atoms with Crippen molar-refractivity contribution in [2.75, 3.05) is 0 Å². The molecule has 0 aromatic carbocycles. The summed E-state index contributed by atoms with van der Waals surface area (Å²) in [6.07, 6.45) is 13.2. The lowest BCUT2D eigenvalue weighted by atomic mass is 10.0. The van der Waals surface area contributed by atoms with Crippen LogP contribution >= 0.6 is 0 Å². The van der Waals surface area contributed by atoms with Gasteiger partial charge in [0, 0.05) is 6.42 Å². The van der Waals surface area contributed by atoms with Crippen molar-refractivity contribution in [1.82, 2.24) is 0 Å². The molecule has 0 radical (unpaired) electrons. The molecule has 54 valence electrons. The molecule has 0 spiro atoms. The third-order valence-electron chi connectivity index (χ3n) is 2.05. The van der Waals surface area contributed by atoms with Gasteiger partial charge in [0.25, 0.3) is 0 Å². The minimum atomic E-state index is 0.769. The molecule has 0 aromatic rings. The number of terminal acetylenes is 1. The average molecular weight is 134 g/mol. The summed E-state index contributed by atoms with van der Waals surface area (Å²) in [7, 11) is 0. The molecule has 0 aromatic heterocycles. The van der Waals surface area contributed by atoms with Crippen molar-refractivity contribution in [3.63, 3.8) is 0 Å². The number of rotatable bonds is 2. The Hall–Kier alpha value is -0.700. The maximum absolute atomic E-state index is 5.17. The van der Waals surface area contributed by atoms with Gasteiger partial charge in [-0.3, -0.25) is 0 Å². The van der Waals surface area contributed by atoms with Crippen LogP contribution < -0.4 is 0 Å². The van der Waals surface area contributed by atoms with Gasteiger partial charge < -0.3 is 0 Å². The highest BCUT2D eigenvalue weighted by atomic mass is 14.2. The molecule has 2 unspecified atom stereocenters. The zero-order valence-electron chi connectivity index (χ0n) is 6.51. The predicted octanol–water partition coefficient (Wildman–Crippen LogP) is 2.61. The molecule has 0 N–H and O–H groups in total. The summed E-state index contributed by atoms with van der Waals surface area (Å²) < 4.78 is 0. The summed E-state index contributed by atoms with van der Waals surface area (Å²) >= 11 is 0. The van der Waals surface area contributed by atoms with Crippen LogP contribution in [0.2, 0.25) is 0 Å². The van der Waals surface area contributed by atoms with E-state index in [9.17, 15) is 0 Å². The highest BCUT2D eigenvalue weighted by molar-refractivity contribution is 5.01. The largest absolute Gasteiger partial charge is 0.120 e. The first-order chi connectivity index (χ1) is 4.83. The first kappa shape index (κ1) is 7.41. The van der Waals surface area contributed by atoms with Gasteiger partial charge in [0.15, 0.2) is 0 Å². The quantitative estimate of drug-likeness (QED) is 0.402. The molecule has 10 heavy (non-hydrogen) atoms. The van der Waals surface area contributed by atoms with Gasteiger partial charge in [-0.15, -0.1) is 12.3 Å². The number of hydrogen-bond donors (Lipinski definition) is 0. The van der Waals surface area contributed by atoms with E-state index in [4.69, 9.17) is 6.42 Å². The Morgan fingerprint density at radius 2 is 2.40 bits per heavy atom. The van der Waals surface area contributed by atoms with Gasteiger partial charge in [0.2, 0.25) is 0 Å². The van der Waals surface area contributed by atoms with Crippen LogP contribution in [0.15, 0.2) is 12.2 Å². The van der Waals surface area contributed by atoms with Gasteiger partial charge in [-0.2, -0.15) is 0 Å². The fourth-order valence-electron chi connectivity index (χ4n) is 1.46. The monoisotopic (exact) mass is 134 g/mol. The molecule has 0 amide bonds. The fraction of sp³-hybridized carbons (Fsp3) is 0.600. The Kier molecular flexibility index (Phi) is 2.57. The molecule has 0 saturated carbocycles. The topological polar surface area (TPSA) is 0 Å². The SMILES string of the molecule is C#CCCC1C=CC(C)C1. The van der Waals surface area contributed by atoms with E-state index in [0.717, 1.165) is 18.3 Å². The minimum absolute atomic E-state index is 0.769. The Bertz CT molecular complexity index is 159. The summed E-state index contributed by atoms with van der Waals surface area (Å²) in [5.41, 5.74) is 0. The molecule has 1 aliphatic rings. The molecule has 1 rings (SSSR count). The van der Waals surface area contributed by atoms with E-state index >= 15 is 0 Å². The molecule has 0 fully saturated rings. The van der Waals surface area contributed by atoms with Crippen molar-refractivity contribution in [3.8, 4) is 12.3 Å². The van der Waals surface area contributed by atoms with E-state index in [1.807, 2.05) is 0 Å². The number of allylic oxidation sites excluding steroid dienone is 2. The fourth-order valence-corrected chi connectivity index (χ4v) is 1.46. The molecule has 0 saturated heterocycles. The highest BCUT2D eigenvalue weighted by Gasteiger charge is 2.13. The van der Waals surface area contributed by atoms with Gasteiger partial charge in [-0.05, 0) is 24.7 Å². The molecule has 0 nitrogen and oxygen atoms in total. The second-order valence-corrected chi connectivity index (χ2v) is 3.10. The smallest absolute Gasteiger partial charge is 0.00916 e. The van der Waals surface area contributed by atoms with Crippen LogP contribution in [-0.2, 0) is 0 Å². The van der Waals surface area contributed by atoms with E-state index in [0.29, 0.717) is 0 Å². The summed E-state index contributed by atoms with van der Waals surface area (Å²) in [5, 5.41) is 0. The minimum Gasteiger partial charge on any atom is -0.120 e. The van der Waals surface area contributed by atoms with Crippen molar-refractivity contribution in [2.45, 2.75) is 26.2 Å². The van der Waals surface area contributed by atoms with Crippen LogP contribution in [0, 0.1) is 24.2 Å². The number of hydrogen-bond acceptors (Lipinski definition) is 0. The Morgan fingerprint density at radius 1 is 1.60 bits per heavy atom. The molecule has 0 bridgehead atoms.